The van der Waals surface area contributed by atoms with Gasteiger partial charge in [-0.1, -0.05) is 20.8 Å². The number of hydrogen-bond donors (Lipinski definition) is 0. The van der Waals surface area contributed by atoms with Crippen molar-refractivity contribution in [1.82, 2.24) is 0 Å². The molecule has 2 heteroatoms. The Morgan fingerprint density at radius 3 is 2.72 bits per heavy atom. The van der Waals surface area contributed by atoms with Crippen LogP contribution in [0.3, 0.4) is 0 Å². The first kappa shape index (κ1) is 13.1. The van der Waals surface area contributed by atoms with Crippen molar-refractivity contribution in [1.29, 1.82) is 0 Å². The zero-order valence-corrected chi connectivity index (χ0v) is 11.6. The Balaban J connectivity index is 1.86. The van der Waals surface area contributed by atoms with Crippen molar-refractivity contribution in [3.05, 3.63) is 29.3 Å². The number of carbonyl (C=O) groups is 1. The van der Waals surface area contributed by atoms with E-state index in [0.29, 0.717) is 11.8 Å². The molecule has 2 rings (SSSR count). The lowest BCUT2D eigenvalue weighted by Crippen LogP contribution is -2.08. The highest BCUT2D eigenvalue weighted by Crippen LogP contribution is 2.26. The standard InChI is InChI=1S/C16H22O2/c1-16(2,3)9-4-10-18-13-6-7-14-12(11-13)5-8-15(14)17/h6-7,11H,4-5,8-10H2,1-3H3. The number of Topliss-reactive ketones (excluding diaryl/α,β-unsaturated/α-hetero) is 1. The van der Waals surface area contributed by atoms with Crippen molar-refractivity contribution in [3.63, 3.8) is 0 Å². The van der Waals surface area contributed by atoms with Crippen LogP contribution in [0.15, 0.2) is 18.2 Å². The van der Waals surface area contributed by atoms with Gasteiger partial charge in [-0.25, -0.2) is 0 Å². The smallest absolute Gasteiger partial charge is 0.163 e. The van der Waals surface area contributed by atoms with Gasteiger partial charge in [0.15, 0.2) is 5.78 Å². The molecule has 2 nitrogen and oxygen atoms in total. The molecule has 0 atom stereocenters. The van der Waals surface area contributed by atoms with Crippen molar-refractivity contribution >= 4 is 5.78 Å². The molecule has 0 bridgehead atoms. The Kier molecular flexibility index (Phi) is 3.74. The molecule has 0 heterocycles. The normalized spacial score (nSPS) is 14.7. The lowest BCUT2D eigenvalue weighted by molar-refractivity contribution is 0.0994. The second-order valence-corrected chi connectivity index (χ2v) is 6.25. The van der Waals surface area contributed by atoms with E-state index in [2.05, 4.69) is 20.8 Å². The van der Waals surface area contributed by atoms with E-state index in [0.717, 1.165) is 42.7 Å². The minimum absolute atomic E-state index is 0.268. The van der Waals surface area contributed by atoms with Crippen LogP contribution in [0, 0.1) is 5.41 Å². The third kappa shape index (κ3) is 3.34. The summed E-state index contributed by atoms with van der Waals surface area (Å²) >= 11 is 0. The molecular formula is C16H22O2. The van der Waals surface area contributed by atoms with Crippen LogP contribution in [-0.4, -0.2) is 12.4 Å². The fraction of sp³-hybridized carbons (Fsp3) is 0.562. The van der Waals surface area contributed by atoms with Gasteiger partial charge in [0.1, 0.15) is 5.75 Å². The van der Waals surface area contributed by atoms with Gasteiger partial charge >= 0.3 is 0 Å². The summed E-state index contributed by atoms with van der Waals surface area (Å²) in [6.07, 6.45) is 3.76. The largest absolute Gasteiger partial charge is 0.494 e. The number of ether oxygens (including phenoxy) is 1. The van der Waals surface area contributed by atoms with Gasteiger partial charge < -0.3 is 4.74 Å². The first-order valence-corrected chi connectivity index (χ1v) is 6.75. The van der Waals surface area contributed by atoms with Crippen LogP contribution in [0.4, 0.5) is 0 Å². The summed E-state index contributed by atoms with van der Waals surface area (Å²) in [7, 11) is 0. The van der Waals surface area contributed by atoms with E-state index in [1.807, 2.05) is 18.2 Å². The fourth-order valence-electron chi connectivity index (χ4n) is 2.31. The van der Waals surface area contributed by atoms with Crippen molar-refractivity contribution in [2.24, 2.45) is 5.41 Å². The minimum Gasteiger partial charge on any atom is -0.494 e. The lowest BCUT2D eigenvalue weighted by atomic mass is 9.91. The van der Waals surface area contributed by atoms with Crippen LogP contribution in [-0.2, 0) is 6.42 Å². The quantitative estimate of drug-likeness (QED) is 0.750. The third-order valence-electron chi connectivity index (χ3n) is 3.34. The number of benzene rings is 1. The molecule has 0 radical (unpaired) electrons. The highest BCUT2D eigenvalue weighted by Gasteiger charge is 2.19. The molecule has 0 unspecified atom stereocenters. The van der Waals surface area contributed by atoms with Crippen LogP contribution in [0.2, 0.25) is 0 Å². The summed E-state index contributed by atoms with van der Waals surface area (Å²) in [4.78, 5) is 11.5. The van der Waals surface area contributed by atoms with Crippen LogP contribution in [0.5, 0.6) is 5.75 Å². The highest BCUT2D eigenvalue weighted by atomic mass is 16.5. The van der Waals surface area contributed by atoms with Gasteiger partial charge in [-0.3, -0.25) is 4.79 Å². The molecule has 1 aromatic carbocycles. The maximum Gasteiger partial charge on any atom is 0.163 e. The van der Waals surface area contributed by atoms with Gasteiger partial charge in [-0.05, 0) is 48.4 Å². The zero-order chi connectivity index (χ0) is 13.2. The van der Waals surface area contributed by atoms with E-state index in [1.165, 1.54) is 0 Å². The molecule has 1 aliphatic rings. The summed E-state index contributed by atoms with van der Waals surface area (Å²) in [5, 5.41) is 0. The van der Waals surface area contributed by atoms with Crippen LogP contribution < -0.4 is 4.74 Å². The first-order valence-electron chi connectivity index (χ1n) is 6.75. The Hall–Kier alpha value is -1.31. The Labute approximate surface area is 109 Å². The fourth-order valence-corrected chi connectivity index (χ4v) is 2.31. The number of hydrogen-bond acceptors (Lipinski definition) is 2. The maximum atomic E-state index is 11.5. The van der Waals surface area contributed by atoms with E-state index >= 15 is 0 Å². The van der Waals surface area contributed by atoms with Gasteiger partial charge in [0, 0.05) is 12.0 Å². The highest BCUT2D eigenvalue weighted by molar-refractivity contribution is 6.00. The van der Waals surface area contributed by atoms with Crippen molar-refractivity contribution in [2.45, 2.75) is 46.5 Å². The number of aryl methyl sites for hydroxylation is 1. The average molecular weight is 246 g/mol. The summed E-state index contributed by atoms with van der Waals surface area (Å²) in [6, 6.07) is 5.85. The first-order chi connectivity index (χ1) is 8.46. The van der Waals surface area contributed by atoms with E-state index in [1.54, 1.807) is 0 Å². The van der Waals surface area contributed by atoms with E-state index in [-0.39, 0.29) is 5.78 Å². The molecule has 0 saturated heterocycles. The zero-order valence-electron chi connectivity index (χ0n) is 11.6. The van der Waals surface area contributed by atoms with Crippen LogP contribution in [0.25, 0.3) is 0 Å². The molecule has 98 valence electrons. The van der Waals surface area contributed by atoms with E-state index in [9.17, 15) is 4.79 Å². The number of fused-ring (bicyclic) bond motifs is 1. The monoisotopic (exact) mass is 246 g/mol. The SMILES string of the molecule is CC(C)(C)CCCOc1ccc2c(c1)CCC2=O. The summed E-state index contributed by atoms with van der Waals surface area (Å²) in [6.45, 7) is 7.49. The molecule has 0 aromatic heterocycles. The van der Waals surface area contributed by atoms with E-state index < -0.39 is 0 Å². The molecule has 0 amide bonds. The van der Waals surface area contributed by atoms with Gasteiger partial charge in [0.2, 0.25) is 0 Å². The van der Waals surface area contributed by atoms with Gasteiger partial charge in [0.25, 0.3) is 0 Å². The Morgan fingerprint density at radius 2 is 2.00 bits per heavy atom. The number of carbonyl (C=O) groups excluding carboxylic acids is 1. The molecule has 0 saturated carbocycles. The summed E-state index contributed by atoms with van der Waals surface area (Å²) in [5.41, 5.74) is 2.40. The van der Waals surface area contributed by atoms with Crippen molar-refractivity contribution < 1.29 is 9.53 Å². The topological polar surface area (TPSA) is 26.3 Å². The molecule has 18 heavy (non-hydrogen) atoms. The molecule has 0 aliphatic heterocycles. The summed E-state index contributed by atoms with van der Waals surface area (Å²) in [5.74, 6) is 1.17. The number of rotatable bonds is 4. The van der Waals surface area contributed by atoms with Gasteiger partial charge in [-0.2, -0.15) is 0 Å². The maximum absolute atomic E-state index is 11.5. The second kappa shape index (κ2) is 5.13. The molecular weight excluding hydrogens is 224 g/mol. The molecule has 0 N–H and O–H groups in total. The minimum atomic E-state index is 0.268. The van der Waals surface area contributed by atoms with Crippen LogP contribution in [0.1, 0.15) is 56.0 Å². The predicted molar refractivity (Wildman–Crippen MR) is 73.3 cm³/mol. The van der Waals surface area contributed by atoms with Crippen molar-refractivity contribution in [3.8, 4) is 5.75 Å². The molecule has 0 fully saturated rings. The second-order valence-electron chi connectivity index (χ2n) is 6.25. The number of ketones is 1. The molecule has 1 aromatic rings. The Morgan fingerprint density at radius 1 is 1.22 bits per heavy atom. The van der Waals surface area contributed by atoms with Crippen molar-refractivity contribution in [2.75, 3.05) is 6.61 Å². The lowest BCUT2D eigenvalue weighted by Gasteiger charge is -2.17. The molecule has 1 aliphatic carbocycles. The molecule has 0 spiro atoms. The third-order valence-corrected chi connectivity index (χ3v) is 3.34. The van der Waals surface area contributed by atoms with E-state index in [4.69, 9.17) is 4.74 Å². The van der Waals surface area contributed by atoms with Gasteiger partial charge in [-0.15, -0.1) is 0 Å². The van der Waals surface area contributed by atoms with Gasteiger partial charge in [0.05, 0.1) is 6.61 Å². The Bertz CT molecular complexity index is 441. The predicted octanol–water partition coefficient (Wildman–Crippen LogP) is 4.02. The average Bonchev–Trinajstić information content (AvgIpc) is 2.65. The summed E-state index contributed by atoms with van der Waals surface area (Å²) < 4.78 is 5.75. The van der Waals surface area contributed by atoms with Crippen LogP contribution >= 0.6 is 0 Å².